The van der Waals surface area contributed by atoms with Crippen molar-refractivity contribution in [1.82, 2.24) is 10.6 Å². The molecular weight excluding hydrogens is 430 g/mol. The maximum Gasteiger partial charge on any atom is 0.319 e. The van der Waals surface area contributed by atoms with Gasteiger partial charge in [0, 0.05) is 11.8 Å². The number of urea groups is 1. The molecule has 0 spiro atoms. The van der Waals surface area contributed by atoms with Crippen molar-refractivity contribution in [3.8, 4) is 28.7 Å². The molecule has 33 heavy (non-hydrogen) atoms. The average Bonchev–Trinajstić information content (AvgIpc) is 2.82. The first-order valence-electron chi connectivity index (χ1n) is 9.98. The van der Waals surface area contributed by atoms with Crippen LogP contribution in [0.15, 0.2) is 41.6 Å². The Labute approximate surface area is 191 Å². The molecule has 10 nitrogen and oxygen atoms in total. The summed E-state index contributed by atoms with van der Waals surface area (Å²) in [6.07, 6.45) is 0. The third-order valence-electron chi connectivity index (χ3n) is 5.19. The molecule has 0 saturated carbocycles. The van der Waals surface area contributed by atoms with Gasteiger partial charge >= 0.3 is 6.03 Å². The number of benzene rings is 2. The van der Waals surface area contributed by atoms with Crippen molar-refractivity contribution >= 4 is 17.6 Å². The van der Waals surface area contributed by atoms with Crippen molar-refractivity contribution in [3.05, 3.63) is 47.2 Å². The number of ether oxygens (including phenoxy) is 5. The van der Waals surface area contributed by atoms with Gasteiger partial charge in [0.05, 0.1) is 52.9 Å². The fraction of sp³-hybridized carbons (Fsp3) is 0.304. The summed E-state index contributed by atoms with van der Waals surface area (Å²) in [5, 5.41) is 8.30. The summed E-state index contributed by atoms with van der Waals surface area (Å²) in [6.45, 7) is 1.66. The van der Waals surface area contributed by atoms with Crippen LogP contribution < -0.4 is 39.6 Å². The quantitative estimate of drug-likeness (QED) is 0.558. The van der Waals surface area contributed by atoms with Crippen molar-refractivity contribution in [2.75, 3.05) is 40.9 Å². The monoisotopic (exact) mass is 457 g/mol. The minimum Gasteiger partial charge on any atom is -0.497 e. The molecule has 1 atom stereocenters. The minimum atomic E-state index is -0.781. The molecule has 0 radical (unpaired) electrons. The Morgan fingerprint density at radius 1 is 0.879 bits per heavy atom. The van der Waals surface area contributed by atoms with Crippen LogP contribution in [0.3, 0.4) is 0 Å². The maximum atomic E-state index is 13.4. The summed E-state index contributed by atoms with van der Waals surface area (Å²) >= 11 is 0. The number of carbonyl (C=O) groups excluding carboxylic acids is 2. The molecule has 3 amide bonds. The van der Waals surface area contributed by atoms with Crippen LogP contribution in [0.4, 0.5) is 10.5 Å². The van der Waals surface area contributed by atoms with E-state index in [1.165, 1.54) is 28.4 Å². The van der Waals surface area contributed by atoms with Gasteiger partial charge in [0.15, 0.2) is 11.5 Å². The highest BCUT2D eigenvalue weighted by molar-refractivity contribution is 6.07. The molecule has 0 fully saturated rings. The number of allylic oxidation sites excluding steroid dienone is 1. The lowest BCUT2D eigenvalue weighted by Gasteiger charge is -2.29. The molecule has 176 valence electrons. The predicted octanol–water partition coefficient (Wildman–Crippen LogP) is 3.00. The van der Waals surface area contributed by atoms with Gasteiger partial charge in [0.25, 0.3) is 5.91 Å². The van der Waals surface area contributed by atoms with Gasteiger partial charge in [-0.2, -0.15) is 0 Å². The highest BCUT2D eigenvalue weighted by atomic mass is 16.5. The SMILES string of the molecule is COc1ccc(NC(=O)C2=C(C)NC(=O)N[C@@H]2c2cc(OC)c(OC)c(OC)c2)c(OC)c1. The number of methoxy groups -OCH3 is 5. The van der Waals surface area contributed by atoms with Gasteiger partial charge in [-0.25, -0.2) is 4.79 Å². The van der Waals surface area contributed by atoms with Crippen LogP contribution >= 0.6 is 0 Å². The highest BCUT2D eigenvalue weighted by Gasteiger charge is 2.33. The summed E-state index contributed by atoms with van der Waals surface area (Å²) in [6, 6.07) is 7.19. The molecule has 0 aromatic heterocycles. The van der Waals surface area contributed by atoms with E-state index in [4.69, 9.17) is 23.7 Å². The maximum absolute atomic E-state index is 13.4. The number of hydrogen-bond donors (Lipinski definition) is 3. The Hall–Kier alpha value is -4.08. The molecule has 0 saturated heterocycles. The zero-order valence-electron chi connectivity index (χ0n) is 19.3. The molecular formula is C23H27N3O7. The molecule has 1 heterocycles. The number of carbonyl (C=O) groups is 2. The van der Waals surface area contributed by atoms with Crippen molar-refractivity contribution in [1.29, 1.82) is 0 Å². The van der Waals surface area contributed by atoms with Crippen molar-refractivity contribution < 1.29 is 33.3 Å². The molecule has 10 heteroatoms. The van der Waals surface area contributed by atoms with E-state index in [9.17, 15) is 9.59 Å². The van der Waals surface area contributed by atoms with Crippen LogP contribution in [0.5, 0.6) is 28.7 Å². The first kappa shape index (κ1) is 23.6. The van der Waals surface area contributed by atoms with Gasteiger partial charge in [-0.15, -0.1) is 0 Å². The Balaban J connectivity index is 2.04. The standard InChI is InChI=1S/C23H27N3O7/c1-12-19(22(27)25-15-8-7-14(29-2)11-16(15)30-3)20(26-23(28)24-12)13-9-17(31-4)21(33-6)18(10-13)32-5/h7-11,20H,1-6H3,(H,25,27)(H2,24,26,28)/t20-/m1/s1. The van der Waals surface area contributed by atoms with Crippen molar-refractivity contribution in [2.24, 2.45) is 0 Å². The van der Waals surface area contributed by atoms with Crippen LogP contribution in [0.25, 0.3) is 0 Å². The fourth-order valence-electron chi connectivity index (χ4n) is 3.60. The van der Waals surface area contributed by atoms with E-state index in [0.717, 1.165) is 0 Å². The Morgan fingerprint density at radius 2 is 1.52 bits per heavy atom. The van der Waals surface area contributed by atoms with Gasteiger partial charge in [-0.05, 0) is 36.8 Å². The van der Waals surface area contributed by atoms with Crippen LogP contribution in [0, 0.1) is 0 Å². The average molecular weight is 457 g/mol. The summed E-state index contributed by atoms with van der Waals surface area (Å²) < 4.78 is 26.8. The highest BCUT2D eigenvalue weighted by Crippen LogP contribution is 2.41. The molecule has 3 rings (SSSR count). The lowest BCUT2D eigenvalue weighted by molar-refractivity contribution is -0.113. The molecule has 0 aliphatic carbocycles. The topological polar surface area (TPSA) is 116 Å². The van der Waals surface area contributed by atoms with Gasteiger partial charge in [0.2, 0.25) is 5.75 Å². The smallest absolute Gasteiger partial charge is 0.319 e. The zero-order valence-corrected chi connectivity index (χ0v) is 19.3. The van der Waals surface area contributed by atoms with E-state index in [-0.39, 0.29) is 0 Å². The molecule has 0 bridgehead atoms. The Bertz CT molecular complexity index is 1070. The first-order valence-corrected chi connectivity index (χ1v) is 9.98. The van der Waals surface area contributed by atoms with E-state index in [2.05, 4.69) is 16.0 Å². The third kappa shape index (κ3) is 4.74. The van der Waals surface area contributed by atoms with E-state index >= 15 is 0 Å². The molecule has 1 aliphatic heterocycles. The van der Waals surface area contributed by atoms with E-state index in [0.29, 0.717) is 51.3 Å². The van der Waals surface area contributed by atoms with Crippen molar-refractivity contribution in [2.45, 2.75) is 13.0 Å². The molecule has 3 N–H and O–H groups in total. The second kappa shape index (κ2) is 10.0. The number of rotatable bonds is 8. The first-order chi connectivity index (χ1) is 15.9. The summed E-state index contributed by atoms with van der Waals surface area (Å²) in [4.78, 5) is 25.7. The Morgan fingerprint density at radius 3 is 2.06 bits per heavy atom. The molecule has 2 aromatic rings. The van der Waals surface area contributed by atoms with Crippen LogP contribution in [0.2, 0.25) is 0 Å². The second-order valence-electron chi connectivity index (χ2n) is 7.05. The number of anilines is 1. The van der Waals surface area contributed by atoms with E-state index in [1.54, 1.807) is 44.4 Å². The molecule has 0 unspecified atom stereocenters. The molecule has 2 aromatic carbocycles. The van der Waals surface area contributed by atoms with Gasteiger partial charge < -0.3 is 39.6 Å². The van der Waals surface area contributed by atoms with Gasteiger partial charge in [0.1, 0.15) is 11.5 Å². The summed E-state index contributed by atoms with van der Waals surface area (Å²) in [5.74, 6) is 1.78. The van der Waals surface area contributed by atoms with Gasteiger partial charge in [-0.3, -0.25) is 4.79 Å². The van der Waals surface area contributed by atoms with Crippen LogP contribution in [-0.2, 0) is 4.79 Å². The second-order valence-corrected chi connectivity index (χ2v) is 7.05. The van der Waals surface area contributed by atoms with E-state index in [1.807, 2.05) is 0 Å². The summed E-state index contributed by atoms with van der Waals surface area (Å²) in [5.41, 5.74) is 1.74. The minimum absolute atomic E-state index is 0.307. The number of amides is 3. The Kier molecular flexibility index (Phi) is 7.17. The lowest BCUT2D eigenvalue weighted by Crippen LogP contribution is -2.46. The largest absolute Gasteiger partial charge is 0.497 e. The fourth-order valence-corrected chi connectivity index (χ4v) is 3.60. The van der Waals surface area contributed by atoms with Crippen molar-refractivity contribution in [3.63, 3.8) is 0 Å². The van der Waals surface area contributed by atoms with Crippen LogP contribution in [-0.4, -0.2) is 47.5 Å². The predicted molar refractivity (Wildman–Crippen MR) is 121 cm³/mol. The van der Waals surface area contributed by atoms with Crippen LogP contribution in [0.1, 0.15) is 18.5 Å². The normalized spacial score (nSPS) is 15.2. The third-order valence-corrected chi connectivity index (χ3v) is 5.19. The lowest BCUT2D eigenvalue weighted by atomic mass is 9.94. The summed E-state index contributed by atoms with van der Waals surface area (Å²) in [7, 11) is 7.52. The van der Waals surface area contributed by atoms with E-state index < -0.39 is 18.0 Å². The molecule has 1 aliphatic rings. The van der Waals surface area contributed by atoms with Gasteiger partial charge in [-0.1, -0.05) is 0 Å². The zero-order chi connectivity index (χ0) is 24.1. The number of hydrogen-bond acceptors (Lipinski definition) is 7. The number of nitrogens with one attached hydrogen (secondary N) is 3.